The lowest BCUT2D eigenvalue weighted by molar-refractivity contribution is -0.143. The van der Waals surface area contributed by atoms with Gasteiger partial charge in [-0.3, -0.25) is 9.59 Å². The molecular formula is C21H23NO3. The molecule has 1 N–H and O–H groups in total. The SMILES string of the molecule is O=C(CCN1CCC(C(=O)O)CC1)c1ccc(-c2ccccc2)cc1. The number of piperidine rings is 1. The lowest BCUT2D eigenvalue weighted by Gasteiger charge is -2.29. The van der Waals surface area contributed by atoms with E-state index < -0.39 is 5.97 Å². The third kappa shape index (κ3) is 4.54. The summed E-state index contributed by atoms with van der Waals surface area (Å²) in [4.78, 5) is 25.5. The standard InChI is InChI=1S/C21H23NO3/c23-20(12-15-22-13-10-19(11-14-22)21(24)25)18-8-6-17(7-9-18)16-4-2-1-3-5-16/h1-9,19H,10-15H2,(H,24,25). The molecule has 3 rings (SSSR count). The van der Waals surface area contributed by atoms with Crippen LogP contribution in [-0.2, 0) is 4.79 Å². The first-order valence-corrected chi connectivity index (χ1v) is 8.77. The predicted octanol–water partition coefficient (Wildman–Crippen LogP) is 3.72. The number of benzene rings is 2. The molecule has 2 aromatic carbocycles. The van der Waals surface area contributed by atoms with Crippen molar-refractivity contribution in [3.63, 3.8) is 0 Å². The number of rotatable bonds is 6. The van der Waals surface area contributed by atoms with Gasteiger partial charge in [0.15, 0.2) is 5.78 Å². The number of likely N-dealkylation sites (tertiary alicyclic amines) is 1. The number of carbonyl (C=O) groups is 2. The van der Waals surface area contributed by atoms with Crippen molar-refractivity contribution in [2.45, 2.75) is 19.3 Å². The summed E-state index contributed by atoms with van der Waals surface area (Å²) in [6.07, 6.45) is 1.83. The van der Waals surface area contributed by atoms with E-state index in [2.05, 4.69) is 17.0 Å². The third-order valence-electron chi connectivity index (χ3n) is 4.91. The minimum Gasteiger partial charge on any atom is -0.481 e. The summed E-state index contributed by atoms with van der Waals surface area (Å²) in [6, 6.07) is 17.9. The molecule has 130 valence electrons. The fourth-order valence-electron chi connectivity index (χ4n) is 3.29. The van der Waals surface area contributed by atoms with Crippen LogP contribution in [0.15, 0.2) is 54.6 Å². The number of hydrogen-bond acceptors (Lipinski definition) is 3. The van der Waals surface area contributed by atoms with Gasteiger partial charge in [-0.1, -0.05) is 54.6 Å². The Morgan fingerprint density at radius 3 is 2.12 bits per heavy atom. The minimum absolute atomic E-state index is 0.139. The van der Waals surface area contributed by atoms with Gasteiger partial charge in [-0.15, -0.1) is 0 Å². The lowest BCUT2D eigenvalue weighted by atomic mass is 9.96. The van der Waals surface area contributed by atoms with Crippen LogP contribution in [0.25, 0.3) is 11.1 Å². The molecule has 1 heterocycles. The average Bonchev–Trinajstić information content (AvgIpc) is 2.67. The van der Waals surface area contributed by atoms with Crippen molar-refractivity contribution in [1.82, 2.24) is 4.90 Å². The number of ketones is 1. The normalized spacial score (nSPS) is 15.8. The van der Waals surface area contributed by atoms with E-state index in [4.69, 9.17) is 5.11 Å². The highest BCUT2D eigenvalue weighted by atomic mass is 16.4. The van der Waals surface area contributed by atoms with Gasteiger partial charge >= 0.3 is 5.97 Å². The van der Waals surface area contributed by atoms with E-state index in [9.17, 15) is 9.59 Å². The van der Waals surface area contributed by atoms with Crippen molar-refractivity contribution in [1.29, 1.82) is 0 Å². The summed E-state index contributed by atoms with van der Waals surface area (Å²) >= 11 is 0. The second kappa shape index (κ2) is 8.08. The largest absolute Gasteiger partial charge is 0.481 e. The smallest absolute Gasteiger partial charge is 0.306 e. The number of hydrogen-bond donors (Lipinski definition) is 1. The maximum Gasteiger partial charge on any atom is 0.306 e. The van der Waals surface area contributed by atoms with Crippen LogP contribution in [0.5, 0.6) is 0 Å². The second-order valence-corrected chi connectivity index (χ2v) is 6.57. The monoisotopic (exact) mass is 337 g/mol. The van der Waals surface area contributed by atoms with Crippen molar-refractivity contribution < 1.29 is 14.7 Å². The lowest BCUT2D eigenvalue weighted by Crippen LogP contribution is -2.37. The highest BCUT2D eigenvalue weighted by Gasteiger charge is 2.24. The molecule has 1 aliphatic heterocycles. The Hall–Kier alpha value is -2.46. The van der Waals surface area contributed by atoms with Crippen molar-refractivity contribution >= 4 is 11.8 Å². The van der Waals surface area contributed by atoms with Crippen LogP contribution in [0.3, 0.4) is 0 Å². The van der Waals surface area contributed by atoms with Crippen LogP contribution < -0.4 is 0 Å². The summed E-state index contributed by atoms with van der Waals surface area (Å²) in [5, 5.41) is 9.02. The van der Waals surface area contributed by atoms with Crippen LogP contribution in [0.2, 0.25) is 0 Å². The zero-order valence-corrected chi connectivity index (χ0v) is 14.2. The van der Waals surface area contributed by atoms with Crippen LogP contribution in [0, 0.1) is 5.92 Å². The van der Waals surface area contributed by atoms with Crippen LogP contribution in [0.1, 0.15) is 29.6 Å². The number of Topliss-reactive ketones (excluding diaryl/α,β-unsaturated/α-hetero) is 1. The van der Waals surface area contributed by atoms with Crippen LogP contribution in [0.4, 0.5) is 0 Å². The molecule has 0 atom stereocenters. The fraction of sp³-hybridized carbons (Fsp3) is 0.333. The number of aliphatic carboxylic acids is 1. The summed E-state index contributed by atoms with van der Waals surface area (Å²) < 4.78 is 0. The highest BCUT2D eigenvalue weighted by molar-refractivity contribution is 5.96. The van der Waals surface area contributed by atoms with Crippen molar-refractivity contribution in [3.8, 4) is 11.1 Å². The Labute approximate surface area is 148 Å². The van der Waals surface area contributed by atoms with Crippen molar-refractivity contribution in [2.75, 3.05) is 19.6 Å². The van der Waals surface area contributed by atoms with Gasteiger partial charge in [-0.25, -0.2) is 0 Å². The Morgan fingerprint density at radius 1 is 0.920 bits per heavy atom. The highest BCUT2D eigenvalue weighted by Crippen LogP contribution is 2.20. The van der Waals surface area contributed by atoms with Crippen LogP contribution >= 0.6 is 0 Å². The first kappa shape index (κ1) is 17.4. The molecule has 0 saturated carbocycles. The van der Waals surface area contributed by atoms with E-state index in [0.29, 0.717) is 25.8 Å². The van der Waals surface area contributed by atoms with E-state index in [-0.39, 0.29) is 11.7 Å². The van der Waals surface area contributed by atoms with Gasteiger partial charge < -0.3 is 10.0 Å². The third-order valence-corrected chi connectivity index (χ3v) is 4.91. The molecule has 0 radical (unpaired) electrons. The topological polar surface area (TPSA) is 57.6 Å². The maximum absolute atomic E-state index is 12.4. The molecule has 25 heavy (non-hydrogen) atoms. The molecule has 0 aliphatic carbocycles. The van der Waals surface area contributed by atoms with E-state index >= 15 is 0 Å². The zero-order valence-electron chi connectivity index (χ0n) is 14.2. The average molecular weight is 337 g/mol. The van der Waals surface area contributed by atoms with Crippen molar-refractivity contribution in [3.05, 3.63) is 60.2 Å². The summed E-state index contributed by atoms with van der Waals surface area (Å²) in [5.41, 5.74) is 2.98. The Kier molecular flexibility index (Phi) is 5.61. The molecular weight excluding hydrogens is 314 g/mol. The van der Waals surface area contributed by atoms with E-state index in [1.165, 1.54) is 0 Å². The van der Waals surface area contributed by atoms with Gasteiger partial charge in [0, 0.05) is 18.5 Å². The molecule has 0 amide bonds. The molecule has 2 aromatic rings. The quantitative estimate of drug-likeness (QED) is 0.816. The molecule has 0 unspecified atom stereocenters. The van der Waals surface area contributed by atoms with Crippen molar-refractivity contribution in [2.24, 2.45) is 5.92 Å². The molecule has 4 heteroatoms. The van der Waals surface area contributed by atoms with E-state index in [1.807, 2.05) is 42.5 Å². The number of carboxylic acids is 1. The number of carbonyl (C=O) groups excluding carboxylic acids is 1. The first-order valence-electron chi connectivity index (χ1n) is 8.77. The number of carboxylic acid groups (broad SMARTS) is 1. The summed E-state index contributed by atoms with van der Waals surface area (Å²) in [6.45, 7) is 2.22. The summed E-state index contributed by atoms with van der Waals surface area (Å²) in [5.74, 6) is -0.785. The molecule has 0 bridgehead atoms. The van der Waals surface area contributed by atoms with Gasteiger partial charge in [-0.05, 0) is 37.1 Å². The Balaban J connectivity index is 1.51. The van der Waals surface area contributed by atoms with Gasteiger partial charge in [0.05, 0.1) is 5.92 Å². The van der Waals surface area contributed by atoms with Gasteiger partial charge in [0.2, 0.25) is 0 Å². The summed E-state index contributed by atoms with van der Waals surface area (Å²) in [7, 11) is 0. The Morgan fingerprint density at radius 2 is 1.52 bits per heavy atom. The predicted molar refractivity (Wildman–Crippen MR) is 97.6 cm³/mol. The minimum atomic E-state index is -0.700. The zero-order chi connectivity index (χ0) is 17.6. The molecule has 4 nitrogen and oxygen atoms in total. The number of nitrogens with zero attached hydrogens (tertiary/aromatic N) is 1. The first-order chi connectivity index (χ1) is 12.1. The van der Waals surface area contributed by atoms with Gasteiger partial charge in [0.1, 0.15) is 0 Å². The fourth-order valence-corrected chi connectivity index (χ4v) is 3.29. The maximum atomic E-state index is 12.4. The Bertz CT molecular complexity index is 717. The molecule has 1 saturated heterocycles. The molecule has 1 fully saturated rings. The van der Waals surface area contributed by atoms with Crippen LogP contribution in [-0.4, -0.2) is 41.4 Å². The molecule has 1 aliphatic rings. The molecule has 0 aromatic heterocycles. The molecule has 0 spiro atoms. The van der Waals surface area contributed by atoms with E-state index in [0.717, 1.165) is 29.8 Å². The second-order valence-electron chi connectivity index (χ2n) is 6.57. The van der Waals surface area contributed by atoms with Gasteiger partial charge in [-0.2, -0.15) is 0 Å². The van der Waals surface area contributed by atoms with E-state index in [1.54, 1.807) is 0 Å². The van der Waals surface area contributed by atoms with Gasteiger partial charge in [0.25, 0.3) is 0 Å².